The molecular weight excluding hydrogens is 444 g/mol. The summed E-state index contributed by atoms with van der Waals surface area (Å²) in [6.45, 7) is -3.76. The molecule has 33 heavy (non-hydrogen) atoms. The Morgan fingerprint density at radius 1 is 0.970 bits per heavy atom. The molecule has 1 aliphatic heterocycles. The number of nitrogens with zero attached hydrogens (tertiary/aromatic N) is 1. The van der Waals surface area contributed by atoms with Crippen LogP contribution in [0.5, 0.6) is 5.75 Å². The second-order valence-electron chi connectivity index (χ2n) is 6.67. The number of amides is 4. The molecule has 172 valence electrons. The number of hydrogen-bond donors (Lipinski definition) is 2. The molecule has 2 aromatic rings. The smallest absolute Gasteiger partial charge is 0.387 e. The summed E-state index contributed by atoms with van der Waals surface area (Å²) in [7, 11) is 0. The van der Waals surface area contributed by atoms with E-state index in [0.29, 0.717) is 5.69 Å². The molecule has 1 saturated heterocycles. The van der Waals surface area contributed by atoms with E-state index in [2.05, 4.69) is 10.2 Å². The van der Waals surface area contributed by atoms with Crippen molar-refractivity contribution >= 4 is 35.3 Å². The number of imide groups is 1. The molecule has 12 heteroatoms. The number of hydrogen-bond acceptors (Lipinski definition) is 7. The number of halogens is 2. The van der Waals surface area contributed by atoms with E-state index in [9.17, 15) is 32.8 Å². The lowest BCUT2D eigenvalue weighted by Gasteiger charge is -2.27. The molecule has 0 radical (unpaired) electrons. The van der Waals surface area contributed by atoms with E-state index in [4.69, 9.17) is 4.74 Å². The lowest BCUT2D eigenvalue weighted by molar-refractivity contribution is -0.130. The number of carbonyl (C=O) groups is 5. The number of nitrogens with one attached hydrogen (secondary N) is 2. The number of anilines is 1. The number of hydrazine groups is 1. The van der Waals surface area contributed by atoms with Crippen LogP contribution in [0.3, 0.4) is 0 Å². The van der Waals surface area contributed by atoms with E-state index < -0.39 is 31.0 Å². The molecule has 0 saturated carbocycles. The van der Waals surface area contributed by atoms with Crippen molar-refractivity contribution in [1.29, 1.82) is 0 Å². The molecule has 0 bridgehead atoms. The van der Waals surface area contributed by atoms with Crippen molar-refractivity contribution in [3.05, 3.63) is 59.7 Å². The fourth-order valence-corrected chi connectivity index (χ4v) is 2.77. The van der Waals surface area contributed by atoms with Gasteiger partial charge in [-0.2, -0.15) is 8.78 Å². The normalized spacial score (nSPS) is 13.4. The third kappa shape index (κ3) is 6.32. The van der Waals surface area contributed by atoms with Crippen molar-refractivity contribution in [3.63, 3.8) is 0 Å². The van der Waals surface area contributed by atoms with Crippen LogP contribution in [-0.4, -0.2) is 42.8 Å². The van der Waals surface area contributed by atoms with Crippen LogP contribution in [0.4, 0.5) is 14.5 Å². The first-order valence-electron chi connectivity index (χ1n) is 9.51. The maximum atomic E-state index is 12.1. The van der Waals surface area contributed by atoms with Crippen LogP contribution < -0.4 is 20.5 Å². The van der Waals surface area contributed by atoms with E-state index in [-0.39, 0.29) is 41.5 Å². The summed E-state index contributed by atoms with van der Waals surface area (Å²) in [6, 6.07) is 10.2. The number of esters is 1. The van der Waals surface area contributed by atoms with Gasteiger partial charge in [-0.3, -0.25) is 29.9 Å². The van der Waals surface area contributed by atoms with E-state index in [1.165, 1.54) is 36.4 Å². The van der Waals surface area contributed by atoms with Crippen LogP contribution in [0, 0.1) is 0 Å². The van der Waals surface area contributed by atoms with E-state index in [1.807, 2.05) is 5.32 Å². The second-order valence-corrected chi connectivity index (χ2v) is 6.67. The first-order valence-corrected chi connectivity index (χ1v) is 9.51. The molecule has 0 atom stereocenters. The number of benzene rings is 2. The average Bonchev–Trinajstić information content (AvgIpc) is 2.79. The SMILES string of the molecule is O=C(COC(=O)c1ccc(N2NC(=O)CCC2=O)cc1)NC(=O)c1ccc(OC(F)F)cc1. The van der Waals surface area contributed by atoms with Gasteiger partial charge in [-0.15, -0.1) is 0 Å². The summed E-state index contributed by atoms with van der Waals surface area (Å²) in [6.07, 6.45) is 0.166. The van der Waals surface area contributed by atoms with Gasteiger partial charge in [0.25, 0.3) is 11.8 Å². The molecule has 0 spiro atoms. The summed E-state index contributed by atoms with van der Waals surface area (Å²) >= 11 is 0. The first kappa shape index (κ1) is 23.3. The highest BCUT2D eigenvalue weighted by molar-refractivity contribution is 6.05. The van der Waals surface area contributed by atoms with Gasteiger partial charge in [0.2, 0.25) is 11.8 Å². The number of carbonyl (C=O) groups excluding carboxylic acids is 5. The monoisotopic (exact) mass is 461 g/mol. The average molecular weight is 461 g/mol. The Bertz CT molecular complexity index is 1070. The highest BCUT2D eigenvalue weighted by Crippen LogP contribution is 2.18. The van der Waals surface area contributed by atoms with Gasteiger partial charge < -0.3 is 9.47 Å². The van der Waals surface area contributed by atoms with Gasteiger partial charge in [-0.05, 0) is 48.5 Å². The molecule has 10 nitrogen and oxygen atoms in total. The minimum absolute atomic E-state index is 0.00577. The van der Waals surface area contributed by atoms with E-state index >= 15 is 0 Å². The van der Waals surface area contributed by atoms with Gasteiger partial charge in [0, 0.05) is 18.4 Å². The topological polar surface area (TPSA) is 131 Å². The Kier molecular flexibility index (Phi) is 7.28. The van der Waals surface area contributed by atoms with Gasteiger partial charge in [-0.25, -0.2) is 9.80 Å². The molecule has 2 N–H and O–H groups in total. The van der Waals surface area contributed by atoms with Gasteiger partial charge in [0.1, 0.15) is 5.75 Å². The largest absolute Gasteiger partial charge is 0.452 e. The summed E-state index contributed by atoms with van der Waals surface area (Å²) in [4.78, 5) is 59.4. The highest BCUT2D eigenvalue weighted by Gasteiger charge is 2.24. The number of rotatable bonds is 7. The Balaban J connectivity index is 1.49. The maximum Gasteiger partial charge on any atom is 0.387 e. The van der Waals surface area contributed by atoms with Gasteiger partial charge >= 0.3 is 12.6 Å². The number of ether oxygens (including phenoxy) is 2. The van der Waals surface area contributed by atoms with Crippen molar-refractivity contribution in [2.45, 2.75) is 19.5 Å². The van der Waals surface area contributed by atoms with Crippen LogP contribution in [-0.2, 0) is 19.1 Å². The quantitative estimate of drug-likeness (QED) is 0.599. The summed E-state index contributed by atoms with van der Waals surface area (Å²) in [5.74, 6) is -3.35. The summed E-state index contributed by atoms with van der Waals surface area (Å²) in [5.41, 5.74) is 2.84. The maximum absolute atomic E-state index is 12.1. The zero-order valence-corrected chi connectivity index (χ0v) is 16.9. The molecular formula is C21H17F2N3O7. The minimum Gasteiger partial charge on any atom is -0.452 e. The van der Waals surface area contributed by atoms with Gasteiger partial charge in [0.15, 0.2) is 6.61 Å². The van der Waals surface area contributed by atoms with E-state index in [0.717, 1.165) is 17.1 Å². The Morgan fingerprint density at radius 2 is 1.61 bits per heavy atom. The third-order valence-corrected chi connectivity index (χ3v) is 4.34. The van der Waals surface area contributed by atoms with Crippen molar-refractivity contribution < 1.29 is 42.2 Å². The first-order chi connectivity index (χ1) is 15.7. The molecule has 3 rings (SSSR count). The van der Waals surface area contributed by atoms with Crippen LogP contribution in [0.25, 0.3) is 0 Å². The van der Waals surface area contributed by atoms with Crippen molar-refractivity contribution in [1.82, 2.24) is 10.7 Å². The predicted octanol–water partition coefficient (Wildman–Crippen LogP) is 1.56. The Morgan fingerprint density at radius 3 is 2.24 bits per heavy atom. The molecule has 1 fully saturated rings. The number of alkyl halides is 2. The van der Waals surface area contributed by atoms with Crippen LogP contribution >= 0.6 is 0 Å². The zero-order chi connectivity index (χ0) is 24.0. The van der Waals surface area contributed by atoms with Crippen molar-refractivity contribution in [3.8, 4) is 5.75 Å². The van der Waals surface area contributed by atoms with Gasteiger partial charge in [-0.1, -0.05) is 0 Å². The molecule has 0 aliphatic carbocycles. The van der Waals surface area contributed by atoms with Crippen LogP contribution in [0.1, 0.15) is 33.6 Å². The predicted molar refractivity (Wildman–Crippen MR) is 107 cm³/mol. The van der Waals surface area contributed by atoms with Crippen molar-refractivity contribution in [2.75, 3.05) is 11.6 Å². The zero-order valence-electron chi connectivity index (χ0n) is 16.9. The molecule has 1 aliphatic rings. The van der Waals surface area contributed by atoms with Crippen LogP contribution in [0.2, 0.25) is 0 Å². The molecule has 0 unspecified atom stereocenters. The highest BCUT2D eigenvalue weighted by atomic mass is 19.3. The molecule has 1 heterocycles. The Hall–Kier alpha value is -4.35. The minimum atomic E-state index is -3.01. The summed E-state index contributed by atoms with van der Waals surface area (Å²) in [5, 5.41) is 3.07. The molecule has 0 aromatic heterocycles. The van der Waals surface area contributed by atoms with Crippen molar-refractivity contribution in [2.24, 2.45) is 0 Å². The van der Waals surface area contributed by atoms with Crippen LogP contribution in [0.15, 0.2) is 48.5 Å². The lowest BCUT2D eigenvalue weighted by atomic mass is 10.2. The van der Waals surface area contributed by atoms with Gasteiger partial charge in [0.05, 0.1) is 11.3 Å². The van der Waals surface area contributed by atoms with E-state index in [1.54, 1.807) is 0 Å². The fourth-order valence-electron chi connectivity index (χ4n) is 2.77. The Labute approximate surface area is 185 Å². The molecule has 2 aromatic carbocycles. The lowest BCUT2D eigenvalue weighted by Crippen LogP contribution is -2.50. The molecule has 4 amide bonds. The summed E-state index contributed by atoms with van der Waals surface area (Å²) < 4.78 is 33.3. The standard InChI is InChI=1S/C21H17F2N3O7/c22-21(23)33-15-7-3-12(4-8-15)19(30)24-17(28)11-32-20(31)13-1-5-14(6-2-13)26-18(29)10-9-16(27)25-26/h1-8,21H,9-11H2,(H,25,27)(H,24,28,30). The fraction of sp³-hybridized carbons (Fsp3) is 0.190. The second kappa shape index (κ2) is 10.3. The third-order valence-electron chi connectivity index (χ3n) is 4.34.